The van der Waals surface area contributed by atoms with Gasteiger partial charge in [-0.1, -0.05) is 48.6 Å². The van der Waals surface area contributed by atoms with E-state index in [0.29, 0.717) is 5.56 Å². The van der Waals surface area contributed by atoms with Crippen LogP contribution in [0.25, 0.3) is 23.3 Å². The number of hydrogen-bond acceptors (Lipinski definition) is 3. The van der Waals surface area contributed by atoms with Gasteiger partial charge >= 0.3 is 5.69 Å². The van der Waals surface area contributed by atoms with Gasteiger partial charge in [-0.3, -0.25) is 10.1 Å². The van der Waals surface area contributed by atoms with Gasteiger partial charge in [-0.25, -0.2) is 0 Å². The van der Waals surface area contributed by atoms with E-state index in [9.17, 15) is 14.5 Å². The monoisotopic (exact) mass is 390 g/mol. The minimum atomic E-state index is -0.833. The molecule has 3 aromatic rings. The van der Waals surface area contributed by atoms with Gasteiger partial charge in [0.15, 0.2) is 0 Å². The number of nitro groups is 1. The first kappa shape index (κ1) is 20.3. The van der Waals surface area contributed by atoms with Crippen LogP contribution < -0.4 is 4.90 Å². The van der Waals surface area contributed by atoms with Gasteiger partial charge in [-0.15, -0.1) is 0 Å². The molecule has 3 rings (SSSR count). The SMILES string of the molecule is CCN(CC)c1ccc(-c2ccc(C=Cc3ccc([N+](=O)[O-])c(F)c3)cc2)cc1. The molecule has 0 saturated carbocycles. The van der Waals surface area contributed by atoms with E-state index in [-0.39, 0.29) is 0 Å². The Morgan fingerprint density at radius 1 is 0.862 bits per heavy atom. The molecule has 0 N–H and O–H groups in total. The van der Waals surface area contributed by atoms with Gasteiger partial charge in [0, 0.05) is 24.8 Å². The second-order valence-corrected chi connectivity index (χ2v) is 6.64. The van der Waals surface area contributed by atoms with Crippen molar-refractivity contribution in [2.75, 3.05) is 18.0 Å². The lowest BCUT2D eigenvalue weighted by Crippen LogP contribution is -2.21. The molecular formula is C24H23FN2O2. The van der Waals surface area contributed by atoms with Gasteiger partial charge in [0.05, 0.1) is 4.92 Å². The summed E-state index contributed by atoms with van der Waals surface area (Å²) in [7, 11) is 0. The zero-order chi connectivity index (χ0) is 20.8. The first-order valence-corrected chi connectivity index (χ1v) is 9.59. The normalized spacial score (nSPS) is 11.0. The second kappa shape index (κ2) is 9.15. The molecule has 0 atom stereocenters. The lowest BCUT2D eigenvalue weighted by Gasteiger charge is -2.21. The first-order chi connectivity index (χ1) is 14.0. The quantitative estimate of drug-likeness (QED) is 0.266. The molecule has 0 aliphatic carbocycles. The highest BCUT2D eigenvalue weighted by Crippen LogP contribution is 2.24. The van der Waals surface area contributed by atoms with Crippen LogP contribution in [-0.4, -0.2) is 18.0 Å². The van der Waals surface area contributed by atoms with Crippen LogP contribution >= 0.6 is 0 Å². The largest absolute Gasteiger partial charge is 0.372 e. The van der Waals surface area contributed by atoms with Crippen LogP contribution in [0.1, 0.15) is 25.0 Å². The molecule has 0 heterocycles. The minimum Gasteiger partial charge on any atom is -0.372 e. The molecule has 0 spiro atoms. The van der Waals surface area contributed by atoms with Crippen LogP contribution in [0.15, 0.2) is 66.7 Å². The third-order valence-corrected chi connectivity index (χ3v) is 4.88. The smallest absolute Gasteiger partial charge is 0.304 e. The maximum absolute atomic E-state index is 13.7. The number of anilines is 1. The van der Waals surface area contributed by atoms with Gasteiger partial charge in [0.25, 0.3) is 0 Å². The van der Waals surface area contributed by atoms with E-state index in [4.69, 9.17) is 0 Å². The summed E-state index contributed by atoms with van der Waals surface area (Å²) in [5.41, 5.74) is 4.51. The Labute approximate surface area is 170 Å². The zero-order valence-electron chi connectivity index (χ0n) is 16.5. The average molecular weight is 390 g/mol. The van der Waals surface area contributed by atoms with E-state index in [2.05, 4.69) is 43.0 Å². The van der Waals surface area contributed by atoms with Crippen LogP contribution in [0.4, 0.5) is 15.8 Å². The number of rotatable bonds is 7. The zero-order valence-corrected chi connectivity index (χ0v) is 16.5. The third-order valence-electron chi connectivity index (χ3n) is 4.88. The van der Waals surface area contributed by atoms with Crippen molar-refractivity contribution >= 4 is 23.5 Å². The van der Waals surface area contributed by atoms with Crippen molar-refractivity contribution in [2.45, 2.75) is 13.8 Å². The maximum atomic E-state index is 13.7. The topological polar surface area (TPSA) is 46.4 Å². The molecule has 0 unspecified atom stereocenters. The molecule has 4 nitrogen and oxygen atoms in total. The summed E-state index contributed by atoms with van der Waals surface area (Å²) >= 11 is 0. The number of nitrogens with zero attached hydrogens (tertiary/aromatic N) is 2. The Balaban J connectivity index is 1.72. The first-order valence-electron chi connectivity index (χ1n) is 9.59. The standard InChI is InChI=1S/C24H23FN2O2/c1-3-26(4-2)22-14-12-21(13-15-22)20-10-7-18(8-11-20)5-6-19-9-16-24(27(28)29)23(25)17-19/h5-17H,3-4H2,1-2H3. The van der Waals surface area contributed by atoms with E-state index in [0.717, 1.165) is 29.8 Å². The molecule has 148 valence electrons. The molecule has 0 bridgehead atoms. The van der Waals surface area contributed by atoms with Crippen molar-refractivity contribution in [3.8, 4) is 11.1 Å². The van der Waals surface area contributed by atoms with Crippen molar-refractivity contribution in [1.82, 2.24) is 0 Å². The molecule has 3 aromatic carbocycles. The van der Waals surface area contributed by atoms with Crippen LogP contribution in [0.5, 0.6) is 0 Å². The van der Waals surface area contributed by atoms with E-state index in [1.165, 1.54) is 23.9 Å². The molecule has 0 aromatic heterocycles. The molecule has 0 amide bonds. The Bertz CT molecular complexity index is 1010. The summed E-state index contributed by atoms with van der Waals surface area (Å²) < 4.78 is 13.7. The second-order valence-electron chi connectivity index (χ2n) is 6.64. The van der Waals surface area contributed by atoms with E-state index >= 15 is 0 Å². The predicted octanol–water partition coefficient (Wildman–Crippen LogP) is 6.42. The Morgan fingerprint density at radius 3 is 1.90 bits per heavy atom. The highest BCUT2D eigenvalue weighted by molar-refractivity contribution is 5.73. The molecule has 0 saturated heterocycles. The van der Waals surface area contributed by atoms with Crippen molar-refractivity contribution in [3.05, 3.63) is 93.8 Å². The molecule has 0 aliphatic rings. The number of halogens is 1. The highest BCUT2D eigenvalue weighted by Gasteiger charge is 2.12. The number of hydrogen-bond donors (Lipinski definition) is 0. The number of nitro benzene ring substituents is 1. The Hall–Kier alpha value is -3.47. The lowest BCUT2D eigenvalue weighted by molar-refractivity contribution is -0.387. The summed E-state index contributed by atoms with van der Waals surface area (Å²) in [6.45, 7) is 6.26. The Kier molecular flexibility index (Phi) is 6.39. The molecular weight excluding hydrogens is 367 g/mol. The van der Waals surface area contributed by atoms with E-state index in [1.807, 2.05) is 30.3 Å². The van der Waals surface area contributed by atoms with E-state index in [1.54, 1.807) is 6.08 Å². The van der Waals surface area contributed by atoms with Gasteiger partial charge in [0.1, 0.15) is 0 Å². The minimum absolute atomic E-state index is 0.515. The van der Waals surface area contributed by atoms with Crippen molar-refractivity contribution < 1.29 is 9.31 Å². The lowest BCUT2D eigenvalue weighted by atomic mass is 10.0. The molecule has 29 heavy (non-hydrogen) atoms. The molecule has 5 heteroatoms. The predicted molar refractivity (Wildman–Crippen MR) is 117 cm³/mol. The highest BCUT2D eigenvalue weighted by atomic mass is 19.1. The third kappa shape index (κ3) is 4.88. The van der Waals surface area contributed by atoms with Gasteiger partial charge in [-0.05, 0) is 60.4 Å². The maximum Gasteiger partial charge on any atom is 0.304 e. The summed E-state index contributed by atoms with van der Waals surface area (Å²) in [5, 5.41) is 10.7. The van der Waals surface area contributed by atoms with Gasteiger partial charge in [-0.2, -0.15) is 4.39 Å². The fourth-order valence-corrected chi connectivity index (χ4v) is 3.21. The Morgan fingerprint density at radius 2 is 1.38 bits per heavy atom. The fraction of sp³-hybridized carbons (Fsp3) is 0.167. The van der Waals surface area contributed by atoms with Crippen LogP contribution in [0, 0.1) is 15.9 Å². The number of benzene rings is 3. The molecule has 0 fully saturated rings. The van der Waals surface area contributed by atoms with Crippen LogP contribution in [0.2, 0.25) is 0 Å². The van der Waals surface area contributed by atoms with E-state index < -0.39 is 16.4 Å². The molecule has 0 aliphatic heterocycles. The van der Waals surface area contributed by atoms with Gasteiger partial charge < -0.3 is 4.90 Å². The summed E-state index contributed by atoms with van der Waals surface area (Å²) in [6.07, 6.45) is 3.59. The molecule has 0 radical (unpaired) electrons. The summed E-state index contributed by atoms with van der Waals surface area (Å²) in [4.78, 5) is 12.3. The van der Waals surface area contributed by atoms with Crippen molar-refractivity contribution in [1.29, 1.82) is 0 Å². The van der Waals surface area contributed by atoms with Crippen molar-refractivity contribution in [3.63, 3.8) is 0 Å². The fourth-order valence-electron chi connectivity index (χ4n) is 3.21. The van der Waals surface area contributed by atoms with Crippen LogP contribution in [0.3, 0.4) is 0 Å². The van der Waals surface area contributed by atoms with Gasteiger partial charge in [0.2, 0.25) is 5.82 Å². The average Bonchev–Trinajstić information content (AvgIpc) is 2.74. The summed E-state index contributed by atoms with van der Waals surface area (Å²) in [5.74, 6) is -0.833. The summed E-state index contributed by atoms with van der Waals surface area (Å²) in [6, 6.07) is 20.5. The van der Waals surface area contributed by atoms with Crippen molar-refractivity contribution in [2.24, 2.45) is 0 Å². The van der Waals surface area contributed by atoms with Crippen LogP contribution in [-0.2, 0) is 0 Å².